The van der Waals surface area contributed by atoms with Gasteiger partial charge in [-0.05, 0) is 74.8 Å². The number of ether oxygens (including phenoxy) is 1. The van der Waals surface area contributed by atoms with Gasteiger partial charge in [0, 0.05) is 32.3 Å². The molecule has 7 aromatic carbocycles. The van der Waals surface area contributed by atoms with Crippen LogP contribution in [0.1, 0.15) is 29.9 Å². The molecule has 0 fully saturated rings. The van der Waals surface area contributed by atoms with E-state index in [1.165, 1.54) is 54.8 Å². The van der Waals surface area contributed by atoms with Crippen molar-refractivity contribution in [1.29, 1.82) is 0 Å². The summed E-state index contributed by atoms with van der Waals surface area (Å²) in [6.45, 7) is 2.38. The monoisotopic (exact) mass is 550 g/mol. The predicted octanol–water partition coefficient (Wildman–Crippen LogP) is 10.3. The van der Waals surface area contributed by atoms with Crippen LogP contribution in [-0.4, -0.2) is 0 Å². The summed E-state index contributed by atoms with van der Waals surface area (Å²) in [6.07, 6.45) is 0. The highest BCUT2D eigenvalue weighted by molar-refractivity contribution is 6.28. The van der Waals surface area contributed by atoms with E-state index in [2.05, 4.69) is 134 Å². The van der Waals surface area contributed by atoms with E-state index < -0.39 is 0 Å². The van der Waals surface area contributed by atoms with Gasteiger partial charge in [0.2, 0.25) is 0 Å². The maximum Gasteiger partial charge on any atom is 0.143 e. The lowest BCUT2D eigenvalue weighted by Gasteiger charge is -2.31. The molecule has 2 atom stereocenters. The second-order valence-electron chi connectivity index (χ2n) is 12.0. The van der Waals surface area contributed by atoms with Gasteiger partial charge in [-0.15, -0.1) is 0 Å². The topological polar surface area (TPSA) is 22.4 Å². The normalized spacial score (nSPS) is 17.1. The molecular weight excluding hydrogens is 524 g/mol. The molecule has 2 nitrogen and oxygen atoms in total. The number of furan rings is 1. The smallest absolute Gasteiger partial charge is 0.143 e. The lowest BCUT2D eigenvalue weighted by Crippen LogP contribution is -2.25. The van der Waals surface area contributed by atoms with E-state index in [1.807, 2.05) is 0 Å². The minimum atomic E-state index is 0.156. The summed E-state index contributed by atoms with van der Waals surface area (Å²) in [7, 11) is 0. The quantitative estimate of drug-likeness (QED) is 0.214. The highest BCUT2D eigenvalue weighted by atomic mass is 16.5. The molecule has 43 heavy (non-hydrogen) atoms. The first-order valence-corrected chi connectivity index (χ1v) is 15.1. The first-order valence-electron chi connectivity index (χ1n) is 15.1. The number of rotatable bonds is 2. The summed E-state index contributed by atoms with van der Waals surface area (Å²) in [5, 5.41) is 8.45. The van der Waals surface area contributed by atoms with Crippen LogP contribution in [0.5, 0.6) is 5.75 Å². The van der Waals surface area contributed by atoms with Crippen molar-refractivity contribution in [3.63, 3.8) is 0 Å². The zero-order valence-corrected chi connectivity index (χ0v) is 23.6. The Labute approximate surface area is 248 Å². The summed E-state index contributed by atoms with van der Waals surface area (Å²) in [4.78, 5) is 0. The van der Waals surface area contributed by atoms with E-state index >= 15 is 0 Å². The summed E-state index contributed by atoms with van der Waals surface area (Å²) in [5.41, 5.74) is 9.45. The van der Waals surface area contributed by atoms with Crippen LogP contribution in [0.25, 0.3) is 71.5 Å². The van der Waals surface area contributed by atoms with Gasteiger partial charge in [0.15, 0.2) is 0 Å². The van der Waals surface area contributed by atoms with Gasteiger partial charge in [0.25, 0.3) is 0 Å². The predicted molar refractivity (Wildman–Crippen MR) is 176 cm³/mol. The fourth-order valence-corrected chi connectivity index (χ4v) is 7.99. The number of hydrogen-bond donors (Lipinski definition) is 0. The lowest BCUT2D eigenvalue weighted by atomic mass is 9.72. The number of benzene rings is 7. The van der Waals surface area contributed by atoms with Gasteiger partial charge < -0.3 is 9.15 Å². The van der Waals surface area contributed by atoms with Crippen LogP contribution in [-0.2, 0) is 0 Å². The first-order chi connectivity index (χ1) is 21.3. The lowest BCUT2D eigenvalue weighted by molar-refractivity contribution is 0.496. The van der Waals surface area contributed by atoms with Crippen molar-refractivity contribution in [3.05, 3.63) is 144 Å². The minimum Gasteiger partial charge on any atom is -0.460 e. The van der Waals surface area contributed by atoms with Gasteiger partial charge in [0.1, 0.15) is 22.7 Å². The van der Waals surface area contributed by atoms with Crippen LogP contribution in [0.2, 0.25) is 0 Å². The molecular formula is C41H26O2. The molecule has 1 aliphatic heterocycles. The Kier molecular flexibility index (Phi) is 4.52. The molecule has 2 aliphatic rings. The summed E-state index contributed by atoms with van der Waals surface area (Å²) in [5.74, 6) is 2.42. The zero-order valence-electron chi connectivity index (χ0n) is 23.6. The van der Waals surface area contributed by atoms with Crippen LogP contribution >= 0.6 is 0 Å². The summed E-state index contributed by atoms with van der Waals surface area (Å²) >= 11 is 0. The molecule has 2 heterocycles. The van der Waals surface area contributed by atoms with E-state index in [-0.39, 0.29) is 11.8 Å². The Morgan fingerprint density at radius 2 is 1.26 bits per heavy atom. The molecule has 1 aromatic heterocycles. The molecule has 0 spiro atoms. The molecule has 10 rings (SSSR count). The van der Waals surface area contributed by atoms with Crippen molar-refractivity contribution in [2.75, 3.05) is 0 Å². The van der Waals surface area contributed by atoms with E-state index in [4.69, 9.17) is 9.15 Å². The van der Waals surface area contributed by atoms with Crippen molar-refractivity contribution in [2.45, 2.75) is 18.8 Å². The molecule has 2 unspecified atom stereocenters. The zero-order chi connectivity index (χ0) is 28.2. The Bertz CT molecular complexity index is 2490. The largest absolute Gasteiger partial charge is 0.460 e. The fourth-order valence-electron chi connectivity index (χ4n) is 7.99. The van der Waals surface area contributed by atoms with Crippen LogP contribution in [0.4, 0.5) is 0 Å². The first kappa shape index (κ1) is 23.2. The van der Waals surface area contributed by atoms with Crippen molar-refractivity contribution < 1.29 is 9.15 Å². The van der Waals surface area contributed by atoms with Crippen LogP contribution in [0.3, 0.4) is 0 Å². The third-order valence-electron chi connectivity index (χ3n) is 9.80. The Hall–Kier alpha value is -5.34. The molecule has 0 bridgehead atoms. The highest BCUT2D eigenvalue weighted by Gasteiger charge is 2.40. The number of fused-ring (bicyclic) bond motifs is 7. The van der Waals surface area contributed by atoms with Crippen molar-refractivity contribution in [1.82, 2.24) is 0 Å². The summed E-state index contributed by atoms with van der Waals surface area (Å²) < 4.78 is 13.5. The third-order valence-corrected chi connectivity index (χ3v) is 9.80. The second-order valence-corrected chi connectivity index (χ2v) is 12.0. The fraction of sp³-hybridized carbons (Fsp3) is 0.0732. The van der Waals surface area contributed by atoms with Gasteiger partial charge in [-0.3, -0.25) is 0 Å². The van der Waals surface area contributed by atoms with Gasteiger partial charge in [-0.1, -0.05) is 104 Å². The van der Waals surface area contributed by atoms with Crippen LogP contribution in [0.15, 0.2) is 132 Å². The van der Waals surface area contributed by atoms with Gasteiger partial charge in [-0.25, -0.2) is 0 Å². The molecule has 0 saturated heterocycles. The van der Waals surface area contributed by atoms with E-state index in [1.54, 1.807) is 0 Å². The van der Waals surface area contributed by atoms with E-state index in [0.717, 1.165) is 38.8 Å². The SMILES string of the molecule is CC1c2c(-c3ccccc3)cc3c4oc5ccccc5c4cc4c(-c5ccccc5)cc(c2c43)=C2Oc3ccccc3C21. The average molecular weight is 551 g/mol. The molecule has 0 radical (unpaired) electrons. The molecule has 0 saturated carbocycles. The van der Waals surface area contributed by atoms with Crippen molar-refractivity contribution >= 4 is 49.2 Å². The molecule has 0 amide bonds. The third kappa shape index (κ3) is 3.02. The summed E-state index contributed by atoms with van der Waals surface area (Å²) in [6, 6.07) is 45.8. The van der Waals surface area contributed by atoms with Crippen molar-refractivity contribution in [2.24, 2.45) is 0 Å². The molecule has 2 heteroatoms. The highest BCUT2D eigenvalue weighted by Crippen LogP contribution is 2.55. The number of para-hydroxylation sites is 2. The number of hydrogen-bond acceptors (Lipinski definition) is 2. The van der Waals surface area contributed by atoms with E-state index in [0.29, 0.717) is 0 Å². The molecule has 1 aliphatic carbocycles. The van der Waals surface area contributed by atoms with Gasteiger partial charge in [-0.2, -0.15) is 0 Å². The second kappa shape index (κ2) is 8.36. The Morgan fingerprint density at radius 3 is 2.07 bits per heavy atom. The van der Waals surface area contributed by atoms with E-state index in [9.17, 15) is 0 Å². The van der Waals surface area contributed by atoms with Crippen molar-refractivity contribution in [3.8, 4) is 28.0 Å². The Morgan fingerprint density at radius 1 is 0.558 bits per heavy atom. The minimum absolute atomic E-state index is 0.156. The van der Waals surface area contributed by atoms with Crippen LogP contribution < -0.4 is 9.96 Å². The van der Waals surface area contributed by atoms with Gasteiger partial charge >= 0.3 is 0 Å². The molecule has 8 aromatic rings. The standard InChI is InChI=1S/C41H26O2/c1-23-36-29(25-14-6-3-7-15-25)21-32-38-30(22-31-26-16-8-10-18-34(26)42-40(31)32)28(24-12-4-2-5-13-24)20-33(39(36)38)41-37(23)27-17-9-11-19-35(27)43-41/h2-23,37H,1H3. The Balaban J connectivity index is 1.49. The van der Waals surface area contributed by atoms with Gasteiger partial charge in [0.05, 0.1) is 5.92 Å². The maximum atomic E-state index is 6.80. The maximum absolute atomic E-state index is 6.80. The average Bonchev–Trinajstić information content (AvgIpc) is 3.64. The molecule has 202 valence electrons. The molecule has 0 N–H and O–H groups in total. The van der Waals surface area contributed by atoms with Crippen LogP contribution in [0, 0.1) is 0 Å².